The molecule has 7 nitrogen and oxygen atoms in total. The molecule has 3 aromatic carbocycles. The Balaban J connectivity index is 1.84. The molecule has 0 aliphatic carbocycles. The smallest absolute Gasteiger partial charge is 0.243 e. The summed E-state index contributed by atoms with van der Waals surface area (Å²) in [5, 5.41) is 4.64. The molecule has 2 atom stereocenters. The molecule has 9 heteroatoms. The van der Waals surface area contributed by atoms with E-state index >= 15 is 0 Å². The quantitative estimate of drug-likeness (QED) is 0.385. The van der Waals surface area contributed by atoms with Gasteiger partial charge >= 0.3 is 0 Å². The molecule has 2 amide bonds. The lowest BCUT2D eigenvalue weighted by atomic mass is 10.1. The van der Waals surface area contributed by atoms with E-state index in [-0.39, 0.29) is 23.4 Å². The van der Waals surface area contributed by atoms with Crippen molar-refractivity contribution in [2.45, 2.75) is 50.7 Å². The molecule has 0 saturated carbocycles. The highest BCUT2D eigenvalue weighted by Gasteiger charge is 2.30. The van der Waals surface area contributed by atoms with Crippen LogP contribution in [0, 0.1) is 0 Å². The molecule has 36 heavy (non-hydrogen) atoms. The Bertz CT molecular complexity index is 1330. The van der Waals surface area contributed by atoms with Gasteiger partial charge in [0.25, 0.3) is 0 Å². The Labute approximate surface area is 221 Å². The Morgan fingerprint density at radius 3 is 2.25 bits per heavy atom. The third kappa shape index (κ3) is 6.72. The Morgan fingerprint density at radius 1 is 0.972 bits per heavy atom. The molecule has 3 aromatic rings. The van der Waals surface area contributed by atoms with E-state index in [2.05, 4.69) is 21.2 Å². The maximum Gasteiger partial charge on any atom is 0.243 e. The number of nitrogens with one attached hydrogen (secondary N) is 1. The lowest BCUT2D eigenvalue weighted by molar-refractivity contribution is -0.140. The van der Waals surface area contributed by atoms with Crippen LogP contribution >= 0.6 is 15.9 Å². The van der Waals surface area contributed by atoms with Gasteiger partial charge in [-0.25, -0.2) is 8.42 Å². The van der Waals surface area contributed by atoms with Crippen molar-refractivity contribution >= 4 is 48.5 Å². The minimum absolute atomic E-state index is 0.0412. The zero-order chi connectivity index (χ0) is 26.5. The van der Waals surface area contributed by atoms with E-state index in [4.69, 9.17) is 0 Å². The van der Waals surface area contributed by atoms with Crippen molar-refractivity contribution < 1.29 is 18.0 Å². The Kier molecular flexibility index (Phi) is 9.27. The number of likely N-dealkylation sites (N-methyl/N-ethyl adjacent to an activating group) is 1. The lowest BCUT2D eigenvalue weighted by Crippen LogP contribution is -2.51. The van der Waals surface area contributed by atoms with Gasteiger partial charge in [-0.2, -0.15) is 4.31 Å². The molecule has 0 radical (unpaired) electrons. The number of hydrogen-bond acceptors (Lipinski definition) is 4. The summed E-state index contributed by atoms with van der Waals surface area (Å²) >= 11 is 3.40. The van der Waals surface area contributed by atoms with Crippen LogP contribution in [0.25, 0.3) is 10.8 Å². The average Bonchev–Trinajstić information content (AvgIpc) is 2.87. The van der Waals surface area contributed by atoms with Crippen molar-refractivity contribution in [3.63, 3.8) is 0 Å². The van der Waals surface area contributed by atoms with Crippen molar-refractivity contribution in [2.75, 3.05) is 13.6 Å². The molecule has 0 aliphatic heterocycles. The highest BCUT2D eigenvalue weighted by molar-refractivity contribution is 9.10. The summed E-state index contributed by atoms with van der Waals surface area (Å²) < 4.78 is 28.5. The minimum atomic E-state index is -3.93. The van der Waals surface area contributed by atoms with Crippen molar-refractivity contribution in [2.24, 2.45) is 0 Å². The zero-order valence-corrected chi connectivity index (χ0v) is 23.3. The molecule has 0 heterocycles. The van der Waals surface area contributed by atoms with Crippen LogP contribution in [0.15, 0.2) is 76.1 Å². The predicted octanol–water partition coefficient (Wildman–Crippen LogP) is 4.55. The second-order valence-corrected chi connectivity index (χ2v) is 11.9. The number of hydrogen-bond donors (Lipinski definition) is 1. The molecule has 0 aromatic heterocycles. The fourth-order valence-corrected chi connectivity index (χ4v) is 5.13. The number of sulfonamides is 1. The molecule has 0 aliphatic rings. The number of carbonyl (C=O) groups excluding carboxylic acids is 2. The van der Waals surface area contributed by atoms with Crippen LogP contribution in [-0.2, 0) is 26.2 Å². The Hall–Kier alpha value is -2.75. The predicted molar refractivity (Wildman–Crippen MR) is 146 cm³/mol. The fraction of sp³-hybridized carbons (Fsp3) is 0.333. The molecule has 0 fully saturated rings. The first-order valence-corrected chi connectivity index (χ1v) is 14.1. The number of halogens is 1. The van der Waals surface area contributed by atoms with Crippen molar-refractivity contribution in [3.8, 4) is 0 Å². The lowest BCUT2D eigenvalue weighted by Gasteiger charge is -2.31. The van der Waals surface area contributed by atoms with Gasteiger partial charge in [-0.3, -0.25) is 9.59 Å². The van der Waals surface area contributed by atoms with Crippen molar-refractivity contribution in [1.82, 2.24) is 14.5 Å². The van der Waals surface area contributed by atoms with E-state index in [0.717, 1.165) is 31.5 Å². The summed E-state index contributed by atoms with van der Waals surface area (Å²) in [6, 6.07) is 19.0. The van der Waals surface area contributed by atoms with E-state index in [1.165, 1.54) is 11.9 Å². The van der Waals surface area contributed by atoms with E-state index < -0.39 is 28.5 Å². The maximum absolute atomic E-state index is 13.4. The second kappa shape index (κ2) is 12.0. The van der Waals surface area contributed by atoms with Gasteiger partial charge in [-0.15, -0.1) is 0 Å². The first kappa shape index (κ1) is 27.8. The number of rotatable bonds is 10. The van der Waals surface area contributed by atoms with Gasteiger partial charge in [0.2, 0.25) is 21.8 Å². The molecular formula is C27H32BrN3O4S. The largest absolute Gasteiger partial charge is 0.352 e. The fourth-order valence-electron chi connectivity index (χ4n) is 3.71. The molecule has 0 bridgehead atoms. The first-order chi connectivity index (χ1) is 17.0. The van der Waals surface area contributed by atoms with Crippen LogP contribution in [0.5, 0.6) is 0 Å². The summed E-state index contributed by atoms with van der Waals surface area (Å²) in [5.74, 6) is -0.744. The second-order valence-electron chi connectivity index (χ2n) is 8.91. The van der Waals surface area contributed by atoms with E-state index in [0.29, 0.717) is 0 Å². The zero-order valence-electron chi connectivity index (χ0n) is 20.9. The van der Waals surface area contributed by atoms with Crippen LogP contribution in [0.3, 0.4) is 0 Å². The molecular weight excluding hydrogens is 542 g/mol. The van der Waals surface area contributed by atoms with Crippen molar-refractivity contribution in [1.29, 1.82) is 0 Å². The molecule has 0 unspecified atom stereocenters. The molecule has 192 valence electrons. The highest BCUT2D eigenvalue weighted by atomic mass is 79.9. The summed E-state index contributed by atoms with van der Waals surface area (Å²) in [6.07, 6.45) is 0.756. The number of nitrogens with zero attached hydrogens (tertiary/aromatic N) is 2. The van der Waals surface area contributed by atoms with E-state index in [1.807, 2.05) is 62.4 Å². The molecule has 3 rings (SSSR count). The first-order valence-electron chi connectivity index (χ1n) is 11.8. The SMILES string of the molecule is CC[C@H](C)NC(=O)[C@@H](C)N(Cc1ccc(Br)cc1)C(=O)CN(C)S(=O)(=O)c1ccc2ccccc2c1. The van der Waals surface area contributed by atoms with Crippen LogP contribution in [0.4, 0.5) is 0 Å². The van der Waals surface area contributed by atoms with Crippen LogP contribution in [0.2, 0.25) is 0 Å². The normalized spacial score (nSPS) is 13.4. The van der Waals surface area contributed by atoms with Crippen molar-refractivity contribution in [3.05, 3.63) is 76.8 Å². The number of amides is 2. The van der Waals surface area contributed by atoms with E-state index in [1.54, 1.807) is 25.1 Å². The van der Waals surface area contributed by atoms with Gasteiger partial charge in [0.15, 0.2) is 0 Å². The van der Waals surface area contributed by atoms with Gasteiger partial charge in [0.05, 0.1) is 11.4 Å². The standard InChI is InChI=1S/C27H32BrN3O4S/c1-5-19(2)29-27(33)20(3)31(17-21-10-13-24(28)14-11-21)26(32)18-30(4)36(34,35)25-15-12-22-8-6-7-9-23(22)16-25/h6-16,19-20H,5,17-18H2,1-4H3,(H,29,33)/t19-,20+/m0/s1. The molecule has 0 spiro atoms. The monoisotopic (exact) mass is 573 g/mol. The minimum Gasteiger partial charge on any atom is -0.352 e. The third-order valence-corrected chi connectivity index (χ3v) is 8.55. The van der Waals surface area contributed by atoms with Gasteiger partial charge < -0.3 is 10.2 Å². The topological polar surface area (TPSA) is 86.8 Å². The average molecular weight is 575 g/mol. The van der Waals surface area contributed by atoms with Crippen LogP contribution in [0.1, 0.15) is 32.8 Å². The summed E-state index contributed by atoms with van der Waals surface area (Å²) in [6.45, 7) is 5.30. The summed E-state index contributed by atoms with van der Waals surface area (Å²) in [4.78, 5) is 27.9. The number of fused-ring (bicyclic) bond motifs is 1. The van der Waals surface area contributed by atoms with Crippen LogP contribution < -0.4 is 5.32 Å². The Morgan fingerprint density at radius 2 is 1.61 bits per heavy atom. The number of carbonyl (C=O) groups is 2. The maximum atomic E-state index is 13.4. The summed E-state index contributed by atoms with van der Waals surface area (Å²) in [5.41, 5.74) is 0.828. The van der Waals surface area contributed by atoms with Gasteiger partial charge in [0.1, 0.15) is 6.04 Å². The summed E-state index contributed by atoms with van der Waals surface area (Å²) in [7, 11) is -2.55. The number of benzene rings is 3. The van der Waals surface area contributed by atoms with Gasteiger partial charge in [-0.1, -0.05) is 65.3 Å². The van der Waals surface area contributed by atoms with Gasteiger partial charge in [-0.05, 0) is 60.9 Å². The third-order valence-electron chi connectivity index (χ3n) is 6.22. The van der Waals surface area contributed by atoms with E-state index in [9.17, 15) is 18.0 Å². The molecule has 1 N–H and O–H groups in total. The van der Waals surface area contributed by atoms with Crippen LogP contribution in [-0.4, -0.2) is 55.1 Å². The molecule has 0 saturated heterocycles. The van der Waals surface area contributed by atoms with Gasteiger partial charge in [0, 0.05) is 24.1 Å². The highest BCUT2D eigenvalue weighted by Crippen LogP contribution is 2.22.